The molecule has 34 heavy (non-hydrogen) atoms. The molecule has 2 amide bonds. The van der Waals surface area contributed by atoms with Crippen molar-refractivity contribution in [3.63, 3.8) is 0 Å². The summed E-state index contributed by atoms with van der Waals surface area (Å²) < 4.78 is 3.20. The maximum Gasteiger partial charge on any atom is 0.275 e. The van der Waals surface area contributed by atoms with Crippen LogP contribution in [0.3, 0.4) is 0 Å². The monoisotopic (exact) mass is 477 g/mol. The van der Waals surface area contributed by atoms with Crippen LogP contribution in [0.25, 0.3) is 10.2 Å². The number of thiophene rings is 1. The number of carbonyl (C=O) groups excluding carboxylic acids is 2. The van der Waals surface area contributed by atoms with Crippen LogP contribution in [0, 0.1) is 13.8 Å². The topological polar surface area (TPSA) is 54.3 Å². The molecule has 0 radical (unpaired) electrons. The highest BCUT2D eigenvalue weighted by molar-refractivity contribution is 7.19. The molecule has 0 saturated heterocycles. The molecular formula is C28H35N3O2S. The summed E-state index contributed by atoms with van der Waals surface area (Å²) in [5, 5.41) is 3.36. The van der Waals surface area contributed by atoms with E-state index < -0.39 is 5.54 Å². The van der Waals surface area contributed by atoms with E-state index in [2.05, 4.69) is 35.9 Å². The van der Waals surface area contributed by atoms with Gasteiger partial charge in [-0.3, -0.25) is 14.5 Å². The zero-order valence-electron chi connectivity index (χ0n) is 20.7. The third-order valence-electron chi connectivity index (χ3n) is 7.64. The van der Waals surface area contributed by atoms with Crippen LogP contribution >= 0.6 is 11.3 Å². The number of aryl methyl sites for hydroxylation is 3. The summed E-state index contributed by atoms with van der Waals surface area (Å²) >= 11 is 1.74. The van der Waals surface area contributed by atoms with Crippen molar-refractivity contribution in [1.82, 2.24) is 9.88 Å². The molecule has 2 aromatic heterocycles. The van der Waals surface area contributed by atoms with Gasteiger partial charge in [-0.25, -0.2) is 0 Å². The van der Waals surface area contributed by atoms with Crippen LogP contribution in [-0.2, 0) is 17.8 Å². The smallest absolute Gasteiger partial charge is 0.275 e. The van der Waals surface area contributed by atoms with Crippen LogP contribution < -0.4 is 10.2 Å². The van der Waals surface area contributed by atoms with E-state index >= 15 is 0 Å². The van der Waals surface area contributed by atoms with Crippen molar-refractivity contribution in [1.29, 1.82) is 0 Å². The molecule has 180 valence electrons. The molecule has 0 bridgehead atoms. The van der Waals surface area contributed by atoms with E-state index in [4.69, 9.17) is 0 Å². The summed E-state index contributed by atoms with van der Waals surface area (Å²) in [6, 6.07) is 10.5. The Labute approximate surface area is 206 Å². The molecule has 0 spiro atoms. The Morgan fingerprint density at radius 3 is 2.53 bits per heavy atom. The highest BCUT2D eigenvalue weighted by Crippen LogP contribution is 2.39. The largest absolute Gasteiger partial charge is 0.351 e. The Bertz CT molecular complexity index is 1250. The maximum atomic E-state index is 14.1. The minimum Gasteiger partial charge on any atom is -0.351 e. The lowest BCUT2D eigenvalue weighted by molar-refractivity contribution is -0.127. The predicted octanol–water partition coefficient (Wildman–Crippen LogP) is 6.14. The normalized spacial score (nSPS) is 21.5. The third-order valence-corrected chi connectivity index (χ3v) is 8.86. The van der Waals surface area contributed by atoms with Crippen LogP contribution in [0.4, 0.5) is 5.69 Å². The van der Waals surface area contributed by atoms with Gasteiger partial charge in [0.1, 0.15) is 11.2 Å². The van der Waals surface area contributed by atoms with Gasteiger partial charge in [0, 0.05) is 16.6 Å². The van der Waals surface area contributed by atoms with E-state index in [1.807, 2.05) is 32.0 Å². The zero-order chi connectivity index (χ0) is 24.0. The van der Waals surface area contributed by atoms with E-state index in [1.165, 1.54) is 17.7 Å². The first-order chi connectivity index (χ1) is 16.3. The molecule has 1 saturated carbocycles. The molecule has 1 aliphatic heterocycles. The van der Waals surface area contributed by atoms with E-state index in [1.54, 1.807) is 16.2 Å². The number of amides is 2. The summed E-state index contributed by atoms with van der Waals surface area (Å²) in [7, 11) is 0. The highest BCUT2D eigenvalue weighted by Gasteiger charge is 2.49. The number of nitrogens with zero attached hydrogens (tertiary/aromatic N) is 2. The average Bonchev–Trinajstić information content (AvgIpc) is 3.24. The third kappa shape index (κ3) is 3.86. The summed E-state index contributed by atoms with van der Waals surface area (Å²) in [4.78, 5) is 31.2. The predicted molar refractivity (Wildman–Crippen MR) is 140 cm³/mol. The minimum absolute atomic E-state index is 0.0498. The Morgan fingerprint density at radius 2 is 1.85 bits per heavy atom. The summed E-state index contributed by atoms with van der Waals surface area (Å²) in [6.45, 7) is 8.62. The first-order valence-corrected chi connectivity index (χ1v) is 13.5. The molecular weight excluding hydrogens is 442 g/mol. The number of nitrogens with one attached hydrogen (secondary N) is 1. The molecule has 1 aromatic carbocycles. The van der Waals surface area contributed by atoms with Gasteiger partial charge in [0.05, 0.1) is 16.8 Å². The fourth-order valence-corrected chi connectivity index (χ4v) is 6.74. The molecule has 6 heteroatoms. The van der Waals surface area contributed by atoms with Crippen LogP contribution in [0.5, 0.6) is 0 Å². The van der Waals surface area contributed by atoms with Crippen LogP contribution in [0.1, 0.15) is 78.9 Å². The second-order valence-corrected chi connectivity index (χ2v) is 11.5. The van der Waals surface area contributed by atoms with Crippen molar-refractivity contribution in [2.75, 3.05) is 4.90 Å². The van der Waals surface area contributed by atoms with Gasteiger partial charge < -0.3 is 9.88 Å². The molecule has 1 aliphatic carbocycles. The van der Waals surface area contributed by atoms with Gasteiger partial charge in [0.15, 0.2) is 0 Å². The Kier molecular flexibility index (Phi) is 6.05. The summed E-state index contributed by atoms with van der Waals surface area (Å²) in [5.74, 6) is -0.149. The molecule has 3 aromatic rings. The number of hydrogen-bond donors (Lipinski definition) is 1. The lowest BCUT2D eigenvalue weighted by Crippen LogP contribution is -2.65. The van der Waals surface area contributed by atoms with Gasteiger partial charge in [-0.1, -0.05) is 50.3 Å². The van der Waals surface area contributed by atoms with Gasteiger partial charge in [0.2, 0.25) is 5.91 Å². The fraction of sp³-hybridized carbons (Fsp3) is 0.500. The first-order valence-electron chi connectivity index (χ1n) is 12.7. The molecule has 1 atom stereocenters. The second-order valence-electron chi connectivity index (χ2n) is 10.3. The Morgan fingerprint density at radius 1 is 1.12 bits per heavy atom. The van der Waals surface area contributed by atoms with Crippen molar-refractivity contribution in [3.05, 3.63) is 52.0 Å². The van der Waals surface area contributed by atoms with E-state index in [0.717, 1.165) is 59.1 Å². The SMILES string of the molecule is CCc1cc2c(cc3n2CC(C)(C(=O)NC2CCCCCC2)N(c2ccc(C)cc2C)C3=O)s1. The van der Waals surface area contributed by atoms with E-state index in [0.29, 0.717) is 12.2 Å². The highest BCUT2D eigenvalue weighted by atomic mass is 32.1. The molecule has 1 N–H and O–H groups in total. The van der Waals surface area contributed by atoms with Gasteiger partial charge in [-0.05, 0) is 63.8 Å². The van der Waals surface area contributed by atoms with Crippen LogP contribution in [-0.4, -0.2) is 28.0 Å². The fourth-order valence-electron chi connectivity index (χ4n) is 5.70. The van der Waals surface area contributed by atoms with Crippen molar-refractivity contribution in [2.45, 2.75) is 90.8 Å². The van der Waals surface area contributed by atoms with Gasteiger partial charge in [0.25, 0.3) is 5.91 Å². The number of benzene rings is 1. The van der Waals surface area contributed by atoms with E-state index in [-0.39, 0.29) is 17.9 Å². The van der Waals surface area contributed by atoms with Gasteiger partial charge in [-0.2, -0.15) is 0 Å². The van der Waals surface area contributed by atoms with Crippen LogP contribution in [0.15, 0.2) is 30.3 Å². The summed E-state index contributed by atoms with van der Waals surface area (Å²) in [6.07, 6.45) is 7.78. The Hall–Kier alpha value is -2.60. The molecule has 1 fully saturated rings. The van der Waals surface area contributed by atoms with Gasteiger partial charge in [-0.15, -0.1) is 11.3 Å². The van der Waals surface area contributed by atoms with Crippen molar-refractivity contribution < 1.29 is 9.59 Å². The Balaban J connectivity index is 1.61. The molecule has 2 aliphatic rings. The number of carbonyl (C=O) groups is 2. The zero-order valence-corrected chi connectivity index (χ0v) is 21.6. The summed E-state index contributed by atoms with van der Waals surface area (Å²) in [5.41, 5.74) is 3.70. The number of rotatable bonds is 4. The molecule has 5 rings (SSSR count). The standard InChI is InChI=1S/C28H35N3O2S/c1-5-21-15-23-25(34-21)16-24-26(32)31(22-13-12-18(2)14-19(22)3)28(4,17-30(23)24)27(33)29-20-10-8-6-7-9-11-20/h12-16,20H,5-11,17H2,1-4H3,(H,29,33). The molecule has 1 unspecified atom stereocenters. The number of fused-ring (bicyclic) bond motifs is 3. The minimum atomic E-state index is -1.02. The van der Waals surface area contributed by atoms with Crippen LogP contribution in [0.2, 0.25) is 0 Å². The number of aromatic nitrogens is 1. The molecule has 5 nitrogen and oxygen atoms in total. The van der Waals surface area contributed by atoms with Crippen molar-refractivity contribution >= 4 is 39.1 Å². The lowest BCUT2D eigenvalue weighted by Gasteiger charge is -2.45. The number of anilines is 1. The maximum absolute atomic E-state index is 14.1. The number of hydrogen-bond acceptors (Lipinski definition) is 3. The quantitative estimate of drug-likeness (QED) is 0.459. The van der Waals surface area contributed by atoms with Crippen molar-refractivity contribution in [3.8, 4) is 0 Å². The second kappa shape index (κ2) is 8.88. The molecule has 3 heterocycles. The first kappa shape index (κ1) is 23.2. The van der Waals surface area contributed by atoms with Gasteiger partial charge >= 0.3 is 0 Å². The average molecular weight is 478 g/mol. The lowest BCUT2D eigenvalue weighted by atomic mass is 9.92. The van der Waals surface area contributed by atoms with Crippen molar-refractivity contribution in [2.24, 2.45) is 0 Å². The van der Waals surface area contributed by atoms with E-state index in [9.17, 15) is 9.59 Å².